The van der Waals surface area contributed by atoms with Gasteiger partial charge in [-0.3, -0.25) is 9.59 Å². The van der Waals surface area contributed by atoms with Gasteiger partial charge in [-0.1, -0.05) is 36.4 Å². The second kappa shape index (κ2) is 11.3. The maximum absolute atomic E-state index is 14.4. The molecule has 11 nitrogen and oxygen atoms in total. The SMILES string of the molecule is COc1cc(C=CC2C3=CCn4c(=O)n(-c5ccccc5)c(=O)n4C3CC3(Cl)C(=O)N(c4ccc(F)cc4)C(=O)C23Cl)cc(OC)c1O. The lowest BCUT2D eigenvalue weighted by Crippen LogP contribution is -2.60. The third-order valence-electron chi connectivity index (χ3n) is 9.22. The van der Waals surface area contributed by atoms with Crippen molar-refractivity contribution in [3.8, 4) is 22.9 Å². The van der Waals surface area contributed by atoms with Crippen molar-refractivity contribution in [2.45, 2.75) is 28.8 Å². The van der Waals surface area contributed by atoms with E-state index in [0.29, 0.717) is 16.8 Å². The van der Waals surface area contributed by atoms with Gasteiger partial charge in [-0.25, -0.2) is 32.8 Å². The molecule has 2 amide bonds. The first kappa shape index (κ1) is 31.5. The van der Waals surface area contributed by atoms with Gasteiger partial charge in [0, 0.05) is 12.3 Å². The van der Waals surface area contributed by atoms with Gasteiger partial charge in [-0.05, 0) is 59.7 Å². The van der Waals surface area contributed by atoms with Crippen molar-refractivity contribution in [3.63, 3.8) is 0 Å². The Balaban J connectivity index is 1.43. The van der Waals surface area contributed by atoms with Crippen molar-refractivity contribution in [3.05, 3.63) is 117 Å². The van der Waals surface area contributed by atoms with Gasteiger partial charge < -0.3 is 14.6 Å². The van der Waals surface area contributed by atoms with E-state index in [9.17, 15) is 28.7 Å². The molecule has 3 aliphatic rings. The van der Waals surface area contributed by atoms with Gasteiger partial charge in [0.15, 0.2) is 21.2 Å². The van der Waals surface area contributed by atoms with Gasteiger partial charge in [-0.15, -0.1) is 23.2 Å². The van der Waals surface area contributed by atoms with E-state index in [1.807, 2.05) is 0 Å². The topological polar surface area (TPSA) is 125 Å². The van der Waals surface area contributed by atoms with Crippen molar-refractivity contribution in [2.75, 3.05) is 19.1 Å². The first-order valence-corrected chi connectivity index (χ1v) is 15.6. The molecule has 1 aliphatic carbocycles. The van der Waals surface area contributed by atoms with Crippen LogP contribution < -0.4 is 25.8 Å². The summed E-state index contributed by atoms with van der Waals surface area (Å²) in [5, 5.41) is 10.4. The molecule has 4 atom stereocenters. The predicted octanol–water partition coefficient (Wildman–Crippen LogP) is 4.41. The first-order chi connectivity index (χ1) is 23.0. The number of carbonyl (C=O) groups is 2. The van der Waals surface area contributed by atoms with E-state index >= 15 is 0 Å². The average molecular weight is 694 g/mol. The number of aromatic hydroxyl groups is 1. The molecule has 4 unspecified atom stereocenters. The molecular weight excluding hydrogens is 666 g/mol. The van der Waals surface area contributed by atoms with Crippen LogP contribution in [0.5, 0.6) is 17.2 Å². The summed E-state index contributed by atoms with van der Waals surface area (Å²) < 4.78 is 28.0. The number of hydrogen-bond donors (Lipinski definition) is 1. The summed E-state index contributed by atoms with van der Waals surface area (Å²) in [6, 6.07) is 15.3. The number of ether oxygens (including phenoxy) is 2. The lowest BCUT2D eigenvalue weighted by atomic mass is 9.66. The maximum atomic E-state index is 14.4. The molecule has 4 aromatic rings. The highest BCUT2D eigenvalue weighted by molar-refractivity contribution is 6.57. The predicted molar refractivity (Wildman–Crippen MR) is 176 cm³/mol. The summed E-state index contributed by atoms with van der Waals surface area (Å²) in [6.45, 7) is -0.0308. The van der Waals surface area contributed by atoms with Crippen molar-refractivity contribution < 1.29 is 28.6 Å². The molecule has 3 heterocycles. The molecule has 0 spiro atoms. The van der Waals surface area contributed by atoms with Gasteiger partial charge in [0.25, 0.3) is 11.8 Å². The fourth-order valence-electron chi connectivity index (χ4n) is 6.92. The summed E-state index contributed by atoms with van der Waals surface area (Å²) >= 11 is 14.6. The van der Waals surface area contributed by atoms with E-state index in [2.05, 4.69) is 0 Å². The Bertz CT molecular complexity index is 2150. The molecule has 3 aromatic carbocycles. The fourth-order valence-corrected chi connectivity index (χ4v) is 7.79. The summed E-state index contributed by atoms with van der Waals surface area (Å²) in [7, 11) is 2.75. The van der Waals surface area contributed by atoms with Crippen LogP contribution in [-0.2, 0) is 16.1 Å². The smallest absolute Gasteiger partial charge is 0.352 e. The number of allylic oxidation sites excluding steroid dienone is 3. The van der Waals surface area contributed by atoms with E-state index in [0.717, 1.165) is 21.6 Å². The Kier molecular flexibility index (Phi) is 7.41. The molecule has 0 radical (unpaired) electrons. The molecule has 2 aliphatic heterocycles. The number of imide groups is 1. The number of anilines is 1. The number of halogens is 3. The zero-order chi connectivity index (χ0) is 34.1. The van der Waals surface area contributed by atoms with Crippen molar-refractivity contribution in [2.24, 2.45) is 5.92 Å². The second-order valence-electron chi connectivity index (χ2n) is 11.6. The number of carbonyl (C=O) groups excluding carboxylic acids is 2. The van der Waals surface area contributed by atoms with Gasteiger partial charge in [0.05, 0.1) is 38.2 Å². The molecule has 7 rings (SSSR count). The number of hydrogen-bond acceptors (Lipinski definition) is 7. The fraction of sp³-hybridized carbons (Fsp3) is 0.235. The normalized spacial score (nSPS) is 24.7. The molecule has 2 fully saturated rings. The van der Waals surface area contributed by atoms with Crippen LogP contribution in [0.3, 0.4) is 0 Å². The van der Waals surface area contributed by atoms with Gasteiger partial charge in [-0.2, -0.15) is 0 Å². The highest BCUT2D eigenvalue weighted by Crippen LogP contribution is 2.61. The largest absolute Gasteiger partial charge is 0.502 e. The second-order valence-corrected chi connectivity index (χ2v) is 12.9. The van der Waals surface area contributed by atoms with Gasteiger partial charge in [0.2, 0.25) is 5.75 Å². The van der Waals surface area contributed by atoms with E-state index < -0.39 is 50.7 Å². The zero-order valence-electron chi connectivity index (χ0n) is 25.5. The van der Waals surface area contributed by atoms with E-state index in [4.69, 9.17) is 32.7 Å². The van der Waals surface area contributed by atoms with Crippen LogP contribution in [0, 0.1) is 11.7 Å². The quantitative estimate of drug-likeness (QED) is 0.180. The van der Waals surface area contributed by atoms with Crippen LogP contribution >= 0.6 is 23.2 Å². The van der Waals surface area contributed by atoms with Crippen molar-refractivity contribution in [1.82, 2.24) is 13.9 Å². The number of amides is 2. The molecule has 48 heavy (non-hydrogen) atoms. The van der Waals surface area contributed by atoms with Gasteiger partial charge >= 0.3 is 11.4 Å². The summed E-state index contributed by atoms with van der Waals surface area (Å²) in [4.78, 5) is 52.9. The van der Waals surface area contributed by atoms with Crippen LogP contribution in [0.15, 0.2) is 94.0 Å². The number of alkyl halides is 2. The highest BCUT2D eigenvalue weighted by atomic mass is 35.5. The number of aromatic nitrogens is 3. The number of methoxy groups -OCH3 is 2. The molecule has 14 heteroatoms. The van der Waals surface area contributed by atoms with Crippen LogP contribution in [0.25, 0.3) is 11.8 Å². The maximum Gasteiger partial charge on any atom is 0.352 e. The minimum absolute atomic E-state index is 0.0308. The summed E-state index contributed by atoms with van der Waals surface area (Å²) in [5.41, 5.74) is 0.143. The number of benzene rings is 3. The Labute approximate surface area is 282 Å². The molecule has 1 saturated carbocycles. The molecule has 1 N–H and O–H groups in total. The van der Waals surface area contributed by atoms with Gasteiger partial charge in [0.1, 0.15) is 5.82 Å². The lowest BCUT2D eigenvalue weighted by molar-refractivity contribution is -0.122. The van der Waals surface area contributed by atoms with Crippen molar-refractivity contribution >= 4 is 46.8 Å². The minimum Gasteiger partial charge on any atom is -0.502 e. The Morgan fingerprint density at radius 1 is 0.896 bits per heavy atom. The number of phenolic OH excluding ortho intramolecular Hbond substituents is 1. The molecule has 1 saturated heterocycles. The Morgan fingerprint density at radius 2 is 1.54 bits per heavy atom. The van der Waals surface area contributed by atoms with E-state index in [1.54, 1.807) is 48.6 Å². The Morgan fingerprint density at radius 3 is 2.17 bits per heavy atom. The van der Waals surface area contributed by atoms with Crippen molar-refractivity contribution in [1.29, 1.82) is 0 Å². The summed E-state index contributed by atoms with van der Waals surface area (Å²) in [6.07, 6.45) is 4.61. The number of rotatable bonds is 6. The zero-order valence-corrected chi connectivity index (χ0v) is 27.0. The van der Waals surface area contributed by atoms with E-state index in [1.165, 1.54) is 47.8 Å². The highest BCUT2D eigenvalue weighted by Gasteiger charge is 2.75. The molecular formula is C34H27Cl2FN4O7. The number of fused-ring (bicyclic) bond motifs is 4. The van der Waals surface area contributed by atoms with Crippen LogP contribution in [0.1, 0.15) is 18.0 Å². The third-order valence-corrected chi connectivity index (χ3v) is 10.6. The monoisotopic (exact) mass is 692 g/mol. The first-order valence-electron chi connectivity index (χ1n) is 14.8. The Hall–Kier alpha value is -5.07. The van der Waals surface area contributed by atoms with Crippen LogP contribution in [-0.4, -0.2) is 54.8 Å². The average Bonchev–Trinajstić information content (AvgIpc) is 3.43. The number of nitrogens with zero attached hydrogens (tertiary/aromatic N) is 4. The van der Waals surface area contributed by atoms with Crippen LogP contribution in [0.2, 0.25) is 0 Å². The molecule has 0 bridgehead atoms. The standard InChI is InChI=1S/C34H27Cl2FN4O7/c1-47-26-16-19(17-27(48-2)28(26)42)8-13-24-23-14-15-38-31(45)40(21-6-4-3-5-7-21)32(46)41(38)25(23)18-33(35)29(43)39(30(44)34(24,33)36)22-11-9-20(37)10-12-22/h3-14,16-17,24-25,42H,15,18H2,1-2H3. The van der Waals surface area contributed by atoms with Crippen LogP contribution in [0.4, 0.5) is 10.1 Å². The minimum atomic E-state index is -2.12. The lowest BCUT2D eigenvalue weighted by Gasteiger charge is -2.47. The third kappa shape index (κ3) is 4.32. The number of phenols is 1. The molecule has 246 valence electrons. The number of para-hydroxylation sites is 1. The molecule has 1 aromatic heterocycles. The summed E-state index contributed by atoms with van der Waals surface area (Å²) in [5.74, 6) is -3.34. The van der Waals surface area contributed by atoms with E-state index in [-0.39, 0.29) is 35.9 Å².